The van der Waals surface area contributed by atoms with Crippen LogP contribution in [-0.2, 0) is 6.42 Å². The van der Waals surface area contributed by atoms with E-state index in [4.69, 9.17) is 9.47 Å². The van der Waals surface area contributed by atoms with Crippen LogP contribution in [0.1, 0.15) is 38.7 Å². The summed E-state index contributed by atoms with van der Waals surface area (Å²) in [5, 5.41) is 3.67. The zero-order valence-electron chi connectivity index (χ0n) is 12.3. The van der Waals surface area contributed by atoms with Crippen LogP contribution >= 0.6 is 0 Å². The number of methoxy groups -OCH3 is 1. The summed E-state index contributed by atoms with van der Waals surface area (Å²) in [5.41, 5.74) is 1.59. The highest BCUT2D eigenvalue weighted by Crippen LogP contribution is 2.32. The quantitative estimate of drug-likeness (QED) is 0.855. The summed E-state index contributed by atoms with van der Waals surface area (Å²) in [7, 11) is 1.70. The van der Waals surface area contributed by atoms with Crippen LogP contribution in [0, 0.1) is 0 Å². The van der Waals surface area contributed by atoms with Crippen molar-refractivity contribution in [1.29, 1.82) is 0 Å². The molecule has 19 heavy (non-hydrogen) atoms. The SMILES string of the molecule is CCOc1ccc(CC2(CC)CCCN2)cc1OC. The maximum Gasteiger partial charge on any atom is 0.161 e. The van der Waals surface area contributed by atoms with Crippen molar-refractivity contribution in [2.24, 2.45) is 0 Å². The molecule has 1 N–H and O–H groups in total. The summed E-state index contributed by atoms with van der Waals surface area (Å²) in [6, 6.07) is 6.29. The van der Waals surface area contributed by atoms with E-state index in [9.17, 15) is 0 Å². The summed E-state index contributed by atoms with van der Waals surface area (Å²) in [6.45, 7) is 6.06. The lowest BCUT2D eigenvalue weighted by Gasteiger charge is -2.28. The molecule has 1 aromatic rings. The Labute approximate surface area is 116 Å². The summed E-state index contributed by atoms with van der Waals surface area (Å²) in [6.07, 6.45) is 4.77. The molecule has 1 aliphatic rings. The van der Waals surface area contributed by atoms with Crippen LogP contribution in [-0.4, -0.2) is 25.8 Å². The molecule has 0 bridgehead atoms. The Balaban J connectivity index is 2.16. The third-order valence-electron chi connectivity index (χ3n) is 4.08. The molecule has 1 atom stereocenters. The molecule has 0 radical (unpaired) electrons. The van der Waals surface area contributed by atoms with E-state index in [-0.39, 0.29) is 5.54 Å². The molecule has 106 valence electrons. The smallest absolute Gasteiger partial charge is 0.161 e. The molecule has 3 nitrogen and oxygen atoms in total. The van der Waals surface area contributed by atoms with Crippen LogP contribution in [0.2, 0.25) is 0 Å². The van der Waals surface area contributed by atoms with Gasteiger partial charge in [0.1, 0.15) is 0 Å². The van der Waals surface area contributed by atoms with Gasteiger partial charge >= 0.3 is 0 Å². The Morgan fingerprint density at radius 1 is 1.26 bits per heavy atom. The third-order valence-corrected chi connectivity index (χ3v) is 4.08. The number of ether oxygens (including phenoxy) is 2. The first-order valence-corrected chi connectivity index (χ1v) is 7.28. The van der Waals surface area contributed by atoms with E-state index >= 15 is 0 Å². The van der Waals surface area contributed by atoms with Crippen molar-refractivity contribution in [3.8, 4) is 11.5 Å². The number of benzene rings is 1. The average Bonchev–Trinajstić information content (AvgIpc) is 2.90. The van der Waals surface area contributed by atoms with E-state index in [0.29, 0.717) is 6.61 Å². The molecule has 1 aliphatic heterocycles. The Bertz CT molecular complexity index is 411. The average molecular weight is 263 g/mol. The maximum absolute atomic E-state index is 5.56. The Kier molecular flexibility index (Phi) is 4.70. The van der Waals surface area contributed by atoms with Gasteiger partial charge in [0.2, 0.25) is 0 Å². The topological polar surface area (TPSA) is 30.5 Å². The molecule has 0 aromatic heterocycles. The highest BCUT2D eigenvalue weighted by atomic mass is 16.5. The second-order valence-electron chi connectivity index (χ2n) is 5.26. The molecule has 1 aromatic carbocycles. The molecular weight excluding hydrogens is 238 g/mol. The van der Waals surface area contributed by atoms with Gasteiger partial charge in [0.05, 0.1) is 13.7 Å². The van der Waals surface area contributed by atoms with E-state index in [1.807, 2.05) is 13.0 Å². The highest BCUT2D eigenvalue weighted by Gasteiger charge is 2.31. The molecule has 0 amide bonds. The second-order valence-corrected chi connectivity index (χ2v) is 5.26. The summed E-state index contributed by atoms with van der Waals surface area (Å²) < 4.78 is 11.0. The van der Waals surface area contributed by atoms with Crippen molar-refractivity contribution < 1.29 is 9.47 Å². The predicted molar refractivity (Wildman–Crippen MR) is 78.1 cm³/mol. The summed E-state index contributed by atoms with van der Waals surface area (Å²) in [5.74, 6) is 1.67. The van der Waals surface area contributed by atoms with Gasteiger partial charge in [0, 0.05) is 5.54 Å². The van der Waals surface area contributed by atoms with Crippen LogP contribution in [0.5, 0.6) is 11.5 Å². The van der Waals surface area contributed by atoms with Crippen molar-refractivity contribution in [2.45, 2.75) is 45.1 Å². The fourth-order valence-electron chi connectivity index (χ4n) is 2.93. The molecule has 1 unspecified atom stereocenters. The molecule has 3 heteroatoms. The van der Waals surface area contributed by atoms with Crippen molar-refractivity contribution in [3.05, 3.63) is 23.8 Å². The van der Waals surface area contributed by atoms with Gasteiger partial charge in [-0.3, -0.25) is 0 Å². The van der Waals surface area contributed by atoms with Crippen molar-refractivity contribution in [2.75, 3.05) is 20.3 Å². The van der Waals surface area contributed by atoms with Gasteiger partial charge in [0.25, 0.3) is 0 Å². The minimum Gasteiger partial charge on any atom is -0.493 e. The Morgan fingerprint density at radius 2 is 2.11 bits per heavy atom. The molecule has 1 fully saturated rings. The first-order chi connectivity index (χ1) is 9.23. The van der Waals surface area contributed by atoms with Crippen molar-refractivity contribution >= 4 is 0 Å². The predicted octanol–water partition coefficient (Wildman–Crippen LogP) is 3.17. The first kappa shape index (κ1) is 14.2. The number of hydrogen-bond acceptors (Lipinski definition) is 3. The van der Waals surface area contributed by atoms with E-state index in [1.165, 1.54) is 24.8 Å². The van der Waals surface area contributed by atoms with Crippen LogP contribution in [0.4, 0.5) is 0 Å². The van der Waals surface area contributed by atoms with Crippen LogP contribution in [0.3, 0.4) is 0 Å². The van der Waals surface area contributed by atoms with E-state index < -0.39 is 0 Å². The van der Waals surface area contributed by atoms with E-state index in [1.54, 1.807) is 7.11 Å². The van der Waals surface area contributed by atoms with E-state index in [2.05, 4.69) is 24.4 Å². The second kappa shape index (κ2) is 6.29. The molecule has 0 spiro atoms. The Morgan fingerprint density at radius 3 is 2.68 bits per heavy atom. The molecule has 1 heterocycles. The molecule has 0 saturated carbocycles. The van der Waals surface area contributed by atoms with E-state index in [0.717, 1.165) is 24.5 Å². The van der Waals surface area contributed by atoms with Gasteiger partial charge in [-0.05, 0) is 56.8 Å². The summed E-state index contributed by atoms with van der Waals surface area (Å²) >= 11 is 0. The lowest BCUT2D eigenvalue weighted by molar-refractivity contribution is 0.309. The lowest BCUT2D eigenvalue weighted by Crippen LogP contribution is -2.41. The summed E-state index contributed by atoms with van der Waals surface area (Å²) in [4.78, 5) is 0. The molecular formula is C16H25NO2. The van der Waals surface area contributed by atoms with Gasteiger partial charge < -0.3 is 14.8 Å². The number of nitrogens with one attached hydrogen (secondary N) is 1. The number of hydrogen-bond donors (Lipinski definition) is 1. The Hall–Kier alpha value is -1.22. The van der Waals surface area contributed by atoms with Gasteiger partial charge in [-0.1, -0.05) is 13.0 Å². The normalized spacial score (nSPS) is 22.5. The lowest BCUT2D eigenvalue weighted by atomic mass is 9.87. The van der Waals surface area contributed by atoms with Gasteiger partial charge in [-0.15, -0.1) is 0 Å². The minimum atomic E-state index is 0.276. The van der Waals surface area contributed by atoms with Gasteiger partial charge in [-0.25, -0.2) is 0 Å². The highest BCUT2D eigenvalue weighted by molar-refractivity contribution is 5.43. The molecule has 0 aliphatic carbocycles. The van der Waals surface area contributed by atoms with Crippen LogP contribution in [0.25, 0.3) is 0 Å². The maximum atomic E-state index is 5.56. The zero-order valence-corrected chi connectivity index (χ0v) is 12.3. The van der Waals surface area contributed by atoms with Crippen molar-refractivity contribution in [1.82, 2.24) is 5.32 Å². The standard InChI is InChI=1S/C16H25NO2/c1-4-16(9-6-10-17-16)12-13-7-8-14(19-5-2)15(11-13)18-3/h7-8,11,17H,4-6,9-10,12H2,1-3H3. The third kappa shape index (κ3) is 3.21. The largest absolute Gasteiger partial charge is 0.493 e. The fraction of sp³-hybridized carbons (Fsp3) is 0.625. The fourth-order valence-corrected chi connectivity index (χ4v) is 2.93. The molecule has 2 rings (SSSR count). The number of rotatable bonds is 6. The van der Waals surface area contributed by atoms with Crippen LogP contribution < -0.4 is 14.8 Å². The van der Waals surface area contributed by atoms with Crippen LogP contribution in [0.15, 0.2) is 18.2 Å². The first-order valence-electron chi connectivity index (χ1n) is 7.28. The van der Waals surface area contributed by atoms with Crippen molar-refractivity contribution in [3.63, 3.8) is 0 Å². The van der Waals surface area contributed by atoms with Gasteiger partial charge in [-0.2, -0.15) is 0 Å². The minimum absolute atomic E-state index is 0.276. The monoisotopic (exact) mass is 263 g/mol. The zero-order chi connectivity index (χ0) is 13.7. The molecule has 1 saturated heterocycles. The van der Waals surface area contributed by atoms with Gasteiger partial charge in [0.15, 0.2) is 11.5 Å².